The second kappa shape index (κ2) is 5.95. The van der Waals surface area contributed by atoms with Crippen LogP contribution in [0.15, 0.2) is 30.5 Å². The topological polar surface area (TPSA) is 65.0 Å². The van der Waals surface area contributed by atoms with Crippen LogP contribution in [0.3, 0.4) is 0 Å². The molecular weight excluding hydrogens is 264 g/mol. The number of hydrogen-bond donors (Lipinski definition) is 2. The third-order valence-electron chi connectivity index (χ3n) is 4.37. The summed E-state index contributed by atoms with van der Waals surface area (Å²) in [5.74, 6) is 0. The lowest BCUT2D eigenvalue weighted by Crippen LogP contribution is -2.32. The van der Waals surface area contributed by atoms with E-state index < -0.39 is 5.60 Å². The van der Waals surface area contributed by atoms with Crippen molar-refractivity contribution in [1.82, 2.24) is 20.3 Å². The highest BCUT2D eigenvalue weighted by Crippen LogP contribution is 2.29. The Morgan fingerprint density at radius 2 is 2.05 bits per heavy atom. The fraction of sp³-hybridized carbons (Fsp3) is 0.500. The largest absolute Gasteiger partial charge is 0.382 e. The van der Waals surface area contributed by atoms with Gasteiger partial charge < -0.3 is 5.11 Å². The molecule has 5 nitrogen and oxygen atoms in total. The minimum absolute atomic E-state index is 0.632. The molecule has 0 unspecified atom stereocenters. The smallest absolute Gasteiger partial charge is 0.124 e. The van der Waals surface area contributed by atoms with Gasteiger partial charge in [0.25, 0.3) is 0 Å². The molecule has 0 aliphatic carbocycles. The predicted molar refractivity (Wildman–Crippen MR) is 80.9 cm³/mol. The lowest BCUT2D eigenvalue weighted by Gasteiger charge is -2.21. The van der Waals surface area contributed by atoms with Crippen molar-refractivity contribution >= 4 is 0 Å². The molecule has 1 aromatic carbocycles. The Kier molecular flexibility index (Phi) is 4.03. The van der Waals surface area contributed by atoms with E-state index in [4.69, 9.17) is 0 Å². The highest BCUT2D eigenvalue weighted by Gasteiger charge is 2.39. The standard InChI is InChI=1S/C16H22N4O/c1-2-13-3-5-14(6-4-13)7-9-20-10-8-16(21,12-20)15-11-17-19-18-15/h3-6,11,21H,2,7-10,12H2,1H3,(H,17,18,19)/t16-/m1/s1. The second-order valence-corrected chi connectivity index (χ2v) is 5.83. The van der Waals surface area contributed by atoms with Crippen LogP contribution >= 0.6 is 0 Å². The lowest BCUT2D eigenvalue weighted by molar-refractivity contribution is 0.0418. The van der Waals surface area contributed by atoms with Crippen LogP contribution in [0.25, 0.3) is 0 Å². The summed E-state index contributed by atoms with van der Waals surface area (Å²) in [5, 5.41) is 21.0. The molecule has 1 fully saturated rings. The number of likely N-dealkylation sites (tertiary alicyclic amines) is 1. The van der Waals surface area contributed by atoms with Crippen molar-refractivity contribution in [2.75, 3.05) is 19.6 Å². The molecule has 2 N–H and O–H groups in total. The number of aromatic amines is 1. The van der Waals surface area contributed by atoms with E-state index in [0.29, 0.717) is 18.7 Å². The van der Waals surface area contributed by atoms with E-state index in [2.05, 4.69) is 51.5 Å². The molecule has 0 bridgehead atoms. The summed E-state index contributed by atoms with van der Waals surface area (Å²) in [6.45, 7) is 4.67. The van der Waals surface area contributed by atoms with Crippen molar-refractivity contribution in [3.05, 3.63) is 47.3 Å². The molecule has 2 heterocycles. The van der Waals surface area contributed by atoms with Crippen molar-refractivity contribution in [3.63, 3.8) is 0 Å². The lowest BCUT2D eigenvalue weighted by atomic mass is 10.00. The van der Waals surface area contributed by atoms with Gasteiger partial charge in [-0.15, -0.1) is 0 Å². The van der Waals surface area contributed by atoms with Gasteiger partial charge in [-0.1, -0.05) is 31.2 Å². The molecule has 1 aliphatic heterocycles. The van der Waals surface area contributed by atoms with E-state index in [0.717, 1.165) is 25.9 Å². The first kappa shape index (κ1) is 14.2. The number of aliphatic hydroxyl groups is 1. The van der Waals surface area contributed by atoms with Crippen molar-refractivity contribution in [3.8, 4) is 0 Å². The van der Waals surface area contributed by atoms with Gasteiger partial charge in [0.2, 0.25) is 0 Å². The maximum Gasteiger partial charge on any atom is 0.124 e. The number of aryl methyl sites for hydroxylation is 1. The molecule has 0 amide bonds. The molecule has 1 aromatic heterocycles. The van der Waals surface area contributed by atoms with Crippen molar-refractivity contribution in [2.24, 2.45) is 0 Å². The maximum atomic E-state index is 10.6. The molecule has 2 aromatic rings. The fourth-order valence-electron chi connectivity index (χ4n) is 2.93. The summed E-state index contributed by atoms with van der Waals surface area (Å²) in [4.78, 5) is 2.29. The van der Waals surface area contributed by atoms with Crippen molar-refractivity contribution in [1.29, 1.82) is 0 Å². The number of β-amino-alcohol motifs (C(OH)–C–C–N with tert-alkyl or cyclic N) is 1. The Hall–Kier alpha value is -1.72. The Morgan fingerprint density at radius 1 is 1.29 bits per heavy atom. The van der Waals surface area contributed by atoms with Crippen LogP contribution in [0.5, 0.6) is 0 Å². The number of aromatic nitrogens is 3. The Labute approximate surface area is 125 Å². The normalized spacial score (nSPS) is 22.8. The molecule has 1 aliphatic rings. The first-order valence-corrected chi connectivity index (χ1v) is 7.58. The minimum Gasteiger partial charge on any atom is -0.382 e. The van der Waals surface area contributed by atoms with Crippen LogP contribution < -0.4 is 0 Å². The van der Waals surface area contributed by atoms with E-state index >= 15 is 0 Å². The maximum absolute atomic E-state index is 10.6. The van der Waals surface area contributed by atoms with E-state index in [1.807, 2.05) is 0 Å². The van der Waals surface area contributed by atoms with Crippen LogP contribution in [0.4, 0.5) is 0 Å². The van der Waals surface area contributed by atoms with E-state index in [-0.39, 0.29) is 0 Å². The SMILES string of the molecule is CCc1ccc(CCN2CC[C@](O)(c3cn[nH]n3)C2)cc1. The first-order valence-electron chi connectivity index (χ1n) is 7.58. The molecule has 21 heavy (non-hydrogen) atoms. The molecular formula is C16H22N4O. The third kappa shape index (κ3) is 3.14. The van der Waals surface area contributed by atoms with E-state index in [1.54, 1.807) is 6.20 Å². The first-order chi connectivity index (χ1) is 10.2. The highest BCUT2D eigenvalue weighted by molar-refractivity contribution is 5.22. The second-order valence-electron chi connectivity index (χ2n) is 5.83. The molecule has 1 saturated heterocycles. The van der Waals surface area contributed by atoms with Gasteiger partial charge in [-0.3, -0.25) is 4.90 Å². The number of benzene rings is 1. The van der Waals surface area contributed by atoms with Gasteiger partial charge in [-0.25, -0.2) is 0 Å². The Morgan fingerprint density at radius 3 is 2.71 bits per heavy atom. The average Bonchev–Trinajstić information content (AvgIpc) is 3.16. The highest BCUT2D eigenvalue weighted by atomic mass is 16.3. The van der Waals surface area contributed by atoms with Gasteiger partial charge in [0.1, 0.15) is 11.3 Å². The number of nitrogens with zero attached hydrogens (tertiary/aromatic N) is 3. The van der Waals surface area contributed by atoms with Crippen LogP contribution in [0.1, 0.15) is 30.2 Å². The molecule has 1 atom stereocenters. The number of hydrogen-bond acceptors (Lipinski definition) is 4. The molecule has 112 valence electrons. The Balaban J connectivity index is 1.55. The van der Waals surface area contributed by atoms with Gasteiger partial charge in [-0.05, 0) is 30.4 Å². The molecule has 0 saturated carbocycles. The van der Waals surface area contributed by atoms with Gasteiger partial charge in [0.05, 0.1) is 6.20 Å². The third-order valence-corrected chi connectivity index (χ3v) is 4.37. The molecule has 5 heteroatoms. The van der Waals surface area contributed by atoms with E-state index in [9.17, 15) is 5.11 Å². The zero-order valence-electron chi connectivity index (χ0n) is 12.4. The zero-order chi connectivity index (χ0) is 14.7. The number of H-pyrrole nitrogens is 1. The summed E-state index contributed by atoms with van der Waals surface area (Å²) in [7, 11) is 0. The quantitative estimate of drug-likeness (QED) is 0.874. The summed E-state index contributed by atoms with van der Waals surface area (Å²) < 4.78 is 0. The van der Waals surface area contributed by atoms with Gasteiger partial charge in [-0.2, -0.15) is 15.4 Å². The van der Waals surface area contributed by atoms with Crippen LogP contribution in [-0.4, -0.2) is 45.1 Å². The molecule has 3 rings (SSSR count). The summed E-state index contributed by atoms with van der Waals surface area (Å²) in [5.41, 5.74) is 2.53. The minimum atomic E-state index is -0.848. The predicted octanol–water partition coefficient (Wildman–Crippen LogP) is 1.50. The van der Waals surface area contributed by atoms with Gasteiger partial charge in [0, 0.05) is 19.6 Å². The summed E-state index contributed by atoms with van der Waals surface area (Å²) in [6.07, 6.45) is 4.43. The van der Waals surface area contributed by atoms with Crippen LogP contribution in [-0.2, 0) is 18.4 Å². The van der Waals surface area contributed by atoms with Crippen molar-refractivity contribution < 1.29 is 5.11 Å². The van der Waals surface area contributed by atoms with Crippen molar-refractivity contribution in [2.45, 2.75) is 31.8 Å². The number of nitrogens with one attached hydrogen (secondary N) is 1. The number of rotatable bonds is 5. The van der Waals surface area contributed by atoms with Gasteiger partial charge in [0.15, 0.2) is 0 Å². The van der Waals surface area contributed by atoms with Crippen LogP contribution in [0, 0.1) is 0 Å². The molecule has 0 spiro atoms. The van der Waals surface area contributed by atoms with E-state index in [1.165, 1.54) is 11.1 Å². The zero-order valence-corrected chi connectivity index (χ0v) is 12.4. The van der Waals surface area contributed by atoms with Crippen LogP contribution in [0.2, 0.25) is 0 Å². The average molecular weight is 286 g/mol. The summed E-state index contributed by atoms with van der Waals surface area (Å²) >= 11 is 0. The van der Waals surface area contributed by atoms with Gasteiger partial charge >= 0.3 is 0 Å². The molecule has 0 radical (unpaired) electrons. The fourth-order valence-corrected chi connectivity index (χ4v) is 2.93. The summed E-state index contributed by atoms with van der Waals surface area (Å²) in [6, 6.07) is 8.81. The monoisotopic (exact) mass is 286 g/mol. The Bertz CT molecular complexity index is 566.